The molecule has 1 aromatic heterocycles. The van der Waals surface area contributed by atoms with Crippen molar-refractivity contribution < 1.29 is 8.42 Å². The first-order valence-corrected chi connectivity index (χ1v) is 6.68. The van der Waals surface area contributed by atoms with Gasteiger partial charge in [-0.3, -0.25) is 5.10 Å². The molecule has 3 N–H and O–H groups in total. The summed E-state index contributed by atoms with van der Waals surface area (Å²) < 4.78 is 23.1. The van der Waals surface area contributed by atoms with Crippen molar-refractivity contribution in [3.05, 3.63) is 0 Å². The minimum atomic E-state index is -3.32. The van der Waals surface area contributed by atoms with Crippen molar-refractivity contribution in [1.82, 2.24) is 10.2 Å². The average molecular weight is 230 g/mol. The number of H-pyrrole nitrogens is 1. The van der Waals surface area contributed by atoms with Gasteiger partial charge >= 0.3 is 0 Å². The van der Waals surface area contributed by atoms with Gasteiger partial charge in [-0.2, -0.15) is 5.10 Å². The standard InChI is InChI=1S/C8H14N4O2S/c1-15(13,14)6-7(9)10-11-8(6)12-4-2-3-5-12/h2-5H2,1H3,(H3,9,10,11). The Balaban J connectivity index is 2.48. The van der Waals surface area contributed by atoms with E-state index >= 15 is 0 Å². The van der Waals surface area contributed by atoms with Gasteiger partial charge in [-0.15, -0.1) is 0 Å². The molecule has 0 aliphatic carbocycles. The number of hydrogen-bond donors (Lipinski definition) is 2. The van der Waals surface area contributed by atoms with E-state index in [0.717, 1.165) is 32.2 Å². The molecule has 1 fully saturated rings. The smallest absolute Gasteiger partial charge is 0.182 e. The molecule has 1 aliphatic heterocycles. The van der Waals surface area contributed by atoms with Gasteiger partial charge in [0.25, 0.3) is 0 Å². The molecule has 0 unspecified atom stereocenters. The van der Waals surface area contributed by atoms with Crippen LogP contribution >= 0.6 is 0 Å². The maximum Gasteiger partial charge on any atom is 0.182 e. The SMILES string of the molecule is CS(=O)(=O)c1c(N2CCCC2)n[nH]c1N. The second-order valence-corrected chi connectivity index (χ2v) is 5.71. The Morgan fingerprint density at radius 2 is 2.00 bits per heavy atom. The highest BCUT2D eigenvalue weighted by Gasteiger charge is 2.26. The number of aromatic amines is 1. The molecule has 0 saturated carbocycles. The van der Waals surface area contributed by atoms with Crippen LogP contribution in [0.2, 0.25) is 0 Å². The van der Waals surface area contributed by atoms with Gasteiger partial charge in [0.2, 0.25) is 0 Å². The van der Waals surface area contributed by atoms with E-state index in [1.165, 1.54) is 0 Å². The second kappa shape index (κ2) is 3.41. The molecule has 0 radical (unpaired) electrons. The Labute approximate surface area is 88.4 Å². The van der Waals surface area contributed by atoms with Gasteiger partial charge in [-0.05, 0) is 12.8 Å². The van der Waals surface area contributed by atoms with Gasteiger partial charge in [-0.1, -0.05) is 0 Å². The lowest BCUT2D eigenvalue weighted by atomic mass is 10.4. The van der Waals surface area contributed by atoms with Crippen LogP contribution in [0.5, 0.6) is 0 Å². The largest absolute Gasteiger partial charge is 0.383 e. The summed E-state index contributed by atoms with van der Waals surface area (Å²) in [6.07, 6.45) is 3.28. The summed E-state index contributed by atoms with van der Waals surface area (Å²) in [5.41, 5.74) is 5.57. The quantitative estimate of drug-likeness (QED) is 0.745. The van der Waals surface area contributed by atoms with Crippen molar-refractivity contribution in [3.63, 3.8) is 0 Å². The third-order valence-corrected chi connectivity index (χ3v) is 3.65. The molecule has 1 saturated heterocycles. The molecule has 2 rings (SSSR count). The van der Waals surface area contributed by atoms with E-state index in [1.807, 2.05) is 4.90 Å². The van der Waals surface area contributed by atoms with E-state index in [0.29, 0.717) is 5.82 Å². The summed E-state index contributed by atoms with van der Waals surface area (Å²) >= 11 is 0. The number of nitrogen functional groups attached to an aromatic ring is 1. The molecule has 0 atom stereocenters. The minimum Gasteiger partial charge on any atom is -0.383 e. The van der Waals surface area contributed by atoms with Gasteiger partial charge in [0.1, 0.15) is 5.82 Å². The number of sulfone groups is 1. The first-order chi connectivity index (χ1) is 7.00. The van der Waals surface area contributed by atoms with Gasteiger partial charge < -0.3 is 10.6 Å². The lowest BCUT2D eigenvalue weighted by Crippen LogP contribution is -2.20. The van der Waals surface area contributed by atoms with Crippen molar-refractivity contribution in [2.75, 3.05) is 30.0 Å². The fourth-order valence-electron chi connectivity index (χ4n) is 1.84. The summed E-state index contributed by atoms with van der Waals surface area (Å²) in [4.78, 5) is 2.08. The molecule has 84 valence electrons. The number of anilines is 2. The summed E-state index contributed by atoms with van der Waals surface area (Å²) in [6.45, 7) is 1.68. The van der Waals surface area contributed by atoms with Crippen molar-refractivity contribution in [1.29, 1.82) is 0 Å². The third kappa shape index (κ3) is 1.79. The molecule has 2 heterocycles. The zero-order valence-electron chi connectivity index (χ0n) is 8.52. The van der Waals surface area contributed by atoms with E-state index < -0.39 is 9.84 Å². The van der Waals surface area contributed by atoms with Crippen molar-refractivity contribution in [2.24, 2.45) is 0 Å². The molecule has 0 bridgehead atoms. The lowest BCUT2D eigenvalue weighted by molar-refractivity contribution is 0.602. The molecule has 0 amide bonds. The highest BCUT2D eigenvalue weighted by atomic mass is 32.2. The fraction of sp³-hybridized carbons (Fsp3) is 0.625. The predicted octanol–water partition coefficient (Wildman–Crippen LogP) is -0.00440. The number of hydrogen-bond acceptors (Lipinski definition) is 5. The Morgan fingerprint density at radius 3 is 2.53 bits per heavy atom. The van der Waals surface area contributed by atoms with Crippen molar-refractivity contribution >= 4 is 21.5 Å². The van der Waals surface area contributed by atoms with Crippen molar-refractivity contribution in [2.45, 2.75) is 17.7 Å². The zero-order valence-corrected chi connectivity index (χ0v) is 9.34. The molecule has 1 aliphatic rings. The maximum absolute atomic E-state index is 11.5. The van der Waals surface area contributed by atoms with Crippen LogP contribution in [-0.2, 0) is 9.84 Å². The molecule has 0 spiro atoms. The van der Waals surface area contributed by atoms with Crippen LogP contribution < -0.4 is 10.6 Å². The summed E-state index contributed by atoms with van der Waals surface area (Å²) in [5.74, 6) is 0.590. The highest BCUT2D eigenvalue weighted by Crippen LogP contribution is 2.29. The average Bonchev–Trinajstić information content (AvgIpc) is 2.68. The first kappa shape index (κ1) is 10.3. The molecule has 15 heavy (non-hydrogen) atoms. The highest BCUT2D eigenvalue weighted by molar-refractivity contribution is 7.91. The van der Waals surface area contributed by atoms with E-state index in [4.69, 9.17) is 5.73 Å². The van der Waals surface area contributed by atoms with Crippen LogP contribution in [0.3, 0.4) is 0 Å². The minimum absolute atomic E-state index is 0.124. The Bertz CT molecular complexity index is 459. The summed E-state index contributed by atoms with van der Waals surface area (Å²) in [6, 6.07) is 0. The second-order valence-electron chi connectivity index (χ2n) is 3.76. The monoisotopic (exact) mass is 230 g/mol. The molecule has 6 nitrogen and oxygen atoms in total. The topological polar surface area (TPSA) is 92.1 Å². The van der Waals surface area contributed by atoms with Crippen LogP contribution in [0.1, 0.15) is 12.8 Å². The van der Waals surface area contributed by atoms with Crippen LogP contribution in [0.25, 0.3) is 0 Å². The Kier molecular flexibility index (Phi) is 2.34. The van der Waals surface area contributed by atoms with Gasteiger partial charge in [0.05, 0.1) is 0 Å². The van der Waals surface area contributed by atoms with E-state index in [9.17, 15) is 8.42 Å². The van der Waals surface area contributed by atoms with Gasteiger partial charge in [0, 0.05) is 19.3 Å². The third-order valence-electron chi connectivity index (χ3n) is 2.51. The normalized spacial score (nSPS) is 17.3. The van der Waals surface area contributed by atoms with E-state index in [-0.39, 0.29) is 10.7 Å². The molecular formula is C8H14N4O2S. The van der Waals surface area contributed by atoms with Crippen LogP contribution in [0.4, 0.5) is 11.6 Å². The van der Waals surface area contributed by atoms with E-state index in [2.05, 4.69) is 10.2 Å². The summed E-state index contributed by atoms with van der Waals surface area (Å²) in [5, 5.41) is 6.49. The van der Waals surface area contributed by atoms with Gasteiger partial charge in [-0.25, -0.2) is 8.42 Å². The van der Waals surface area contributed by atoms with Crippen molar-refractivity contribution in [3.8, 4) is 0 Å². The zero-order chi connectivity index (χ0) is 11.1. The van der Waals surface area contributed by atoms with Crippen LogP contribution in [0, 0.1) is 0 Å². The molecular weight excluding hydrogens is 216 g/mol. The molecule has 1 aromatic rings. The van der Waals surface area contributed by atoms with Crippen LogP contribution in [0.15, 0.2) is 4.90 Å². The molecule has 7 heteroatoms. The van der Waals surface area contributed by atoms with E-state index in [1.54, 1.807) is 0 Å². The first-order valence-electron chi connectivity index (χ1n) is 4.79. The number of nitrogens with zero attached hydrogens (tertiary/aromatic N) is 2. The number of aromatic nitrogens is 2. The fourth-order valence-corrected chi connectivity index (χ4v) is 2.80. The predicted molar refractivity (Wildman–Crippen MR) is 57.6 cm³/mol. The number of nitrogens with one attached hydrogen (secondary N) is 1. The Morgan fingerprint density at radius 1 is 1.40 bits per heavy atom. The molecule has 0 aromatic carbocycles. The summed E-state index contributed by atoms with van der Waals surface area (Å²) in [7, 11) is -3.32. The lowest BCUT2D eigenvalue weighted by Gasteiger charge is -2.15. The van der Waals surface area contributed by atoms with Gasteiger partial charge in [0.15, 0.2) is 20.6 Å². The Hall–Kier alpha value is -1.24. The maximum atomic E-state index is 11.5. The van der Waals surface area contributed by atoms with Crippen LogP contribution in [-0.4, -0.2) is 38.0 Å². The number of rotatable bonds is 2. The number of nitrogens with two attached hydrogens (primary N) is 1.